The fourth-order valence-corrected chi connectivity index (χ4v) is 4.89. The van der Waals surface area contributed by atoms with E-state index in [0.717, 1.165) is 29.0 Å². The number of benzene rings is 2. The molecule has 1 unspecified atom stereocenters. The summed E-state index contributed by atoms with van der Waals surface area (Å²) in [7, 11) is 2.07. The van der Waals surface area contributed by atoms with Crippen LogP contribution >= 0.6 is 0 Å². The van der Waals surface area contributed by atoms with E-state index in [4.69, 9.17) is 4.74 Å². The second kappa shape index (κ2) is 6.72. The lowest BCUT2D eigenvalue weighted by Crippen LogP contribution is -2.46. The molecule has 0 spiro atoms. The first kappa shape index (κ1) is 20.6. The summed E-state index contributed by atoms with van der Waals surface area (Å²) in [5.41, 5.74) is 2.92. The number of likely N-dealkylation sites (N-methyl/N-ethyl adjacent to an activating group) is 1. The van der Waals surface area contributed by atoms with Gasteiger partial charge in [0, 0.05) is 29.3 Å². The molecular formula is C25H35NO2. The number of phenols is 1. The minimum atomic E-state index is -0.246. The second-order valence-electron chi connectivity index (χ2n) is 10.6. The van der Waals surface area contributed by atoms with Crippen molar-refractivity contribution in [3.63, 3.8) is 0 Å². The van der Waals surface area contributed by atoms with E-state index in [1.807, 2.05) is 24.3 Å². The van der Waals surface area contributed by atoms with Crippen LogP contribution in [0.4, 0.5) is 5.69 Å². The van der Waals surface area contributed by atoms with Crippen LogP contribution in [-0.2, 0) is 10.8 Å². The number of aromatic hydroxyl groups is 1. The Hall–Kier alpha value is -2.16. The lowest BCUT2D eigenvalue weighted by Gasteiger charge is -2.35. The summed E-state index contributed by atoms with van der Waals surface area (Å²) in [5, 5.41) is 10.9. The van der Waals surface area contributed by atoms with Gasteiger partial charge in [-0.3, -0.25) is 0 Å². The maximum Gasteiger partial charge on any atom is 0.181 e. The van der Waals surface area contributed by atoms with Gasteiger partial charge in [-0.1, -0.05) is 66.7 Å². The molecule has 2 aromatic rings. The van der Waals surface area contributed by atoms with Crippen molar-refractivity contribution in [1.82, 2.24) is 0 Å². The molecule has 0 bridgehead atoms. The first-order chi connectivity index (χ1) is 12.8. The Morgan fingerprint density at radius 3 is 2.21 bits per heavy atom. The highest BCUT2D eigenvalue weighted by Crippen LogP contribution is 2.50. The van der Waals surface area contributed by atoms with Crippen LogP contribution in [0.15, 0.2) is 42.5 Å². The predicted octanol–water partition coefficient (Wildman–Crippen LogP) is 6.24. The Bertz CT molecular complexity index is 847. The summed E-state index contributed by atoms with van der Waals surface area (Å²) in [5.74, 6) is 1.25. The van der Waals surface area contributed by atoms with Crippen LogP contribution in [0.3, 0.4) is 0 Å². The van der Waals surface area contributed by atoms with E-state index in [0.29, 0.717) is 5.75 Å². The Kier molecular flexibility index (Phi) is 4.94. The fourth-order valence-electron chi connectivity index (χ4n) is 4.89. The molecule has 1 heterocycles. The van der Waals surface area contributed by atoms with Gasteiger partial charge in [0.2, 0.25) is 0 Å². The van der Waals surface area contributed by atoms with Crippen LogP contribution < -0.4 is 9.64 Å². The average molecular weight is 382 g/mol. The maximum absolute atomic E-state index is 10.9. The number of phenolic OH excluding ortho intramolecular Hbond substituents is 1. The molecule has 0 aliphatic carbocycles. The van der Waals surface area contributed by atoms with Crippen LogP contribution in [0, 0.1) is 5.41 Å². The number of hydrogen-bond donors (Lipinski definition) is 1. The van der Waals surface area contributed by atoms with Gasteiger partial charge in [0.1, 0.15) is 11.5 Å². The first-order valence-electron chi connectivity index (χ1n) is 10.2. The predicted molar refractivity (Wildman–Crippen MR) is 117 cm³/mol. The van der Waals surface area contributed by atoms with Crippen molar-refractivity contribution in [2.24, 2.45) is 5.41 Å². The van der Waals surface area contributed by atoms with Crippen LogP contribution in [0.1, 0.15) is 66.0 Å². The molecular weight excluding hydrogens is 346 g/mol. The Morgan fingerprint density at radius 1 is 1.04 bits per heavy atom. The lowest BCUT2D eigenvalue weighted by molar-refractivity contribution is 0.165. The van der Waals surface area contributed by atoms with E-state index in [9.17, 15) is 5.11 Å². The quantitative estimate of drug-likeness (QED) is 0.680. The van der Waals surface area contributed by atoms with Crippen molar-refractivity contribution in [1.29, 1.82) is 0 Å². The van der Waals surface area contributed by atoms with Crippen molar-refractivity contribution in [2.45, 2.75) is 71.9 Å². The molecule has 1 aliphatic rings. The standard InChI is InChI=1S/C25H35NO2/c1-23(2,3)16-24(4,5)18-15-21-19(14-20(18)27)25(6,7)22(28-21)26(8)17-12-10-9-11-13-17/h9-15,22,27H,16H2,1-8H3. The van der Waals surface area contributed by atoms with Gasteiger partial charge in [0.25, 0.3) is 0 Å². The molecule has 0 radical (unpaired) electrons. The molecule has 0 amide bonds. The maximum atomic E-state index is 10.9. The summed E-state index contributed by atoms with van der Waals surface area (Å²) < 4.78 is 6.47. The molecule has 0 fully saturated rings. The van der Waals surface area contributed by atoms with E-state index in [1.54, 1.807) is 0 Å². The van der Waals surface area contributed by atoms with Gasteiger partial charge >= 0.3 is 0 Å². The molecule has 3 nitrogen and oxygen atoms in total. The van der Waals surface area contributed by atoms with E-state index in [2.05, 4.69) is 78.6 Å². The number of anilines is 1. The van der Waals surface area contributed by atoms with Gasteiger partial charge in [-0.05, 0) is 41.5 Å². The monoisotopic (exact) mass is 381 g/mol. The van der Waals surface area contributed by atoms with Crippen molar-refractivity contribution in [3.05, 3.63) is 53.6 Å². The highest BCUT2D eigenvalue weighted by Gasteiger charge is 2.45. The van der Waals surface area contributed by atoms with Gasteiger partial charge in [0.05, 0.1) is 0 Å². The van der Waals surface area contributed by atoms with Crippen molar-refractivity contribution >= 4 is 5.69 Å². The molecule has 2 aromatic carbocycles. The third kappa shape index (κ3) is 3.72. The number of rotatable bonds is 4. The summed E-state index contributed by atoms with van der Waals surface area (Å²) in [6, 6.07) is 14.3. The number of nitrogens with zero attached hydrogens (tertiary/aromatic N) is 1. The second-order valence-corrected chi connectivity index (χ2v) is 10.6. The Morgan fingerprint density at radius 2 is 1.64 bits per heavy atom. The highest BCUT2D eigenvalue weighted by molar-refractivity contribution is 5.57. The van der Waals surface area contributed by atoms with E-state index in [-0.39, 0.29) is 22.5 Å². The molecule has 1 atom stereocenters. The van der Waals surface area contributed by atoms with Crippen molar-refractivity contribution in [3.8, 4) is 11.5 Å². The normalized spacial score (nSPS) is 18.5. The minimum Gasteiger partial charge on any atom is -0.508 e. The van der Waals surface area contributed by atoms with Gasteiger partial charge in [0.15, 0.2) is 6.23 Å². The van der Waals surface area contributed by atoms with Crippen LogP contribution in [0.25, 0.3) is 0 Å². The summed E-state index contributed by atoms with van der Waals surface area (Å²) in [6.07, 6.45) is 0.841. The zero-order chi connectivity index (χ0) is 20.9. The van der Waals surface area contributed by atoms with Crippen LogP contribution in [-0.4, -0.2) is 18.4 Å². The zero-order valence-corrected chi connectivity index (χ0v) is 18.6. The first-order valence-corrected chi connectivity index (χ1v) is 10.2. The number of fused-ring (bicyclic) bond motifs is 1. The Balaban J connectivity index is 1.99. The van der Waals surface area contributed by atoms with Crippen molar-refractivity contribution in [2.75, 3.05) is 11.9 Å². The van der Waals surface area contributed by atoms with Crippen LogP contribution in [0.5, 0.6) is 11.5 Å². The van der Waals surface area contributed by atoms with Gasteiger partial charge in [-0.25, -0.2) is 0 Å². The molecule has 28 heavy (non-hydrogen) atoms. The molecule has 3 heteroatoms. The SMILES string of the molecule is CN(c1ccccc1)C1Oc2cc(C(C)(C)CC(C)(C)C)c(O)cc2C1(C)C. The lowest BCUT2D eigenvalue weighted by atomic mass is 9.71. The average Bonchev–Trinajstić information content (AvgIpc) is 2.83. The van der Waals surface area contributed by atoms with Crippen LogP contribution in [0.2, 0.25) is 0 Å². The van der Waals surface area contributed by atoms with E-state index in [1.165, 1.54) is 0 Å². The number of hydrogen-bond acceptors (Lipinski definition) is 3. The molecule has 0 saturated carbocycles. The molecule has 3 rings (SSSR count). The highest BCUT2D eigenvalue weighted by atomic mass is 16.5. The summed E-state index contributed by atoms with van der Waals surface area (Å²) in [4.78, 5) is 2.18. The smallest absolute Gasteiger partial charge is 0.181 e. The van der Waals surface area contributed by atoms with Gasteiger partial charge in [-0.2, -0.15) is 0 Å². The number of para-hydroxylation sites is 1. The zero-order valence-electron chi connectivity index (χ0n) is 18.6. The summed E-state index contributed by atoms with van der Waals surface area (Å²) >= 11 is 0. The third-order valence-corrected chi connectivity index (χ3v) is 5.86. The molecule has 0 aromatic heterocycles. The largest absolute Gasteiger partial charge is 0.508 e. The minimum absolute atomic E-state index is 0.134. The van der Waals surface area contributed by atoms with E-state index >= 15 is 0 Å². The third-order valence-electron chi connectivity index (χ3n) is 5.86. The Labute approximate surface area is 170 Å². The van der Waals surface area contributed by atoms with Gasteiger partial charge in [-0.15, -0.1) is 0 Å². The summed E-state index contributed by atoms with van der Waals surface area (Å²) in [6.45, 7) is 15.5. The molecule has 1 N–H and O–H groups in total. The topological polar surface area (TPSA) is 32.7 Å². The van der Waals surface area contributed by atoms with Crippen molar-refractivity contribution < 1.29 is 9.84 Å². The number of ether oxygens (including phenoxy) is 1. The fraction of sp³-hybridized carbons (Fsp3) is 0.520. The molecule has 0 saturated heterocycles. The van der Waals surface area contributed by atoms with Gasteiger partial charge < -0.3 is 14.7 Å². The molecule has 152 valence electrons. The molecule has 1 aliphatic heterocycles. The van der Waals surface area contributed by atoms with E-state index < -0.39 is 0 Å².